The van der Waals surface area contributed by atoms with Crippen LogP contribution >= 0.6 is 11.6 Å². The van der Waals surface area contributed by atoms with Gasteiger partial charge < -0.3 is 14.8 Å². The highest BCUT2D eigenvalue weighted by Gasteiger charge is 2.09. The normalized spacial score (nSPS) is 12.7. The van der Waals surface area contributed by atoms with Crippen molar-refractivity contribution < 1.29 is 13.9 Å². The first kappa shape index (κ1) is 15.4. The topological polar surface area (TPSA) is 30.5 Å². The lowest BCUT2D eigenvalue weighted by Crippen LogP contribution is -2.24. The number of nitrogens with one attached hydrogen (secondary N) is 1. The van der Waals surface area contributed by atoms with E-state index in [1.807, 2.05) is 6.92 Å². The van der Waals surface area contributed by atoms with Crippen LogP contribution in [0.3, 0.4) is 0 Å². The Hall–Kier alpha value is -0.680. The van der Waals surface area contributed by atoms with Crippen LogP contribution in [0.2, 0.25) is 5.02 Å². The molecule has 1 aromatic rings. The largest absolute Gasteiger partial charge is 0.382 e. The molecule has 102 valence electrons. The van der Waals surface area contributed by atoms with Gasteiger partial charge in [0.05, 0.1) is 19.8 Å². The molecule has 0 aliphatic carbocycles. The molecule has 1 rings (SSSR count). The van der Waals surface area contributed by atoms with E-state index in [-0.39, 0.29) is 11.9 Å². The average molecular weight is 276 g/mol. The number of halogens is 2. The summed E-state index contributed by atoms with van der Waals surface area (Å²) in [6, 6.07) is 4.49. The van der Waals surface area contributed by atoms with Crippen molar-refractivity contribution in [3.63, 3.8) is 0 Å². The van der Waals surface area contributed by atoms with Gasteiger partial charge in [-0.15, -0.1) is 0 Å². The Balaban J connectivity index is 2.29. The highest BCUT2D eigenvalue weighted by atomic mass is 35.5. The predicted molar refractivity (Wildman–Crippen MR) is 70.5 cm³/mol. The Labute approximate surface area is 112 Å². The molecule has 3 nitrogen and oxygen atoms in total. The van der Waals surface area contributed by atoms with Gasteiger partial charge in [-0.05, 0) is 24.6 Å². The third kappa shape index (κ3) is 5.31. The zero-order valence-corrected chi connectivity index (χ0v) is 11.5. The molecule has 0 amide bonds. The van der Waals surface area contributed by atoms with Crippen molar-refractivity contribution in [3.8, 4) is 0 Å². The molecule has 0 heterocycles. The van der Waals surface area contributed by atoms with Crippen molar-refractivity contribution >= 4 is 11.6 Å². The summed E-state index contributed by atoms with van der Waals surface area (Å²) in [6.45, 7) is 4.47. The van der Waals surface area contributed by atoms with Crippen LogP contribution in [0.5, 0.6) is 0 Å². The van der Waals surface area contributed by atoms with Crippen molar-refractivity contribution in [1.29, 1.82) is 0 Å². The first-order valence-corrected chi connectivity index (χ1v) is 6.28. The molecule has 0 aliphatic rings. The maximum atomic E-state index is 12.9. The third-order valence-electron chi connectivity index (χ3n) is 2.56. The molecule has 5 heteroatoms. The lowest BCUT2D eigenvalue weighted by atomic mass is 10.1. The molecule has 0 fully saturated rings. The van der Waals surface area contributed by atoms with Crippen LogP contribution < -0.4 is 5.32 Å². The minimum absolute atomic E-state index is 0.0594. The highest BCUT2D eigenvalue weighted by molar-refractivity contribution is 6.31. The second-order valence-corrected chi connectivity index (χ2v) is 4.35. The zero-order valence-electron chi connectivity index (χ0n) is 10.7. The summed E-state index contributed by atoms with van der Waals surface area (Å²) < 4.78 is 23.1. The van der Waals surface area contributed by atoms with E-state index in [4.69, 9.17) is 21.1 Å². The van der Waals surface area contributed by atoms with E-state index in [9.17, 15) is 4.39 Å². The molecule has 0 aromatic heterocycles. The summed E-state index contributed by atoms with van der Waals surface area (Å²) in [6.07, 6.45) is 0. The minimum atomic E-state index is -0.321. The first-order chi connectivity index (χ1) is 8.65. The summed E-state index contributed by atoms with van der Waals surface area (Å²) in [5.41, 5.74) is 0.884. The van der Waals surface area contributed by atoms with Crippen LogP contribution in [0.25, 0.3) is 0 Å². The van der Waals surface area contributed by atoms with Crippen LogP contribution in [-0.4, -0.2) is 33.5 Å². The molecular formula is C13H19ClFNO2. The molecule has 1 N–H and O–H groups in total. The molecule has 0 bridgehead atoms. The Bertz CT molecular complexity index is 363. The molecule has 18 heavy (non-hydrogen) atoms. The SMILES string of the molecule is COCCOCCNC(C)c1ccc(F)cc1Cl. The molecule has 1 aromatic carbocycles. The number of hydrogen-bond donors (Lipinski definition) is 1. The van der Waals surface area contributed by atoms with Crippen molar-refractivity contribution in [2.45, 2.75) is 13.0 Å². The average Bonchev–Trinajstić information content (AvgIpc) is 2.33. The van der Waals surface area contributed by atoms with E-state index in [0.29, 0.717) is 31.4 Å². The number of rotatable bonds is 8. The lowest BCUT2D eigenvalue weighted by Gasteiger charge is -2.15. The maximum Gasteiger partial charge on any atom is 0.124 e. The van der Waals surface area contributed by atoms with Gasteiger partial charge in [0.1, 0.15) is 5.82 Å². The molecule has 0 saturated carbocycles. The van der Waals surface area contributed by atoms with Crippen molar-refractivity contribution in [2.24, 2.45) is 0 Å². The Morgan fingerprint density at radius 2 is 2.11 bits per heavy atom. The van der Waals surface area contributed by atoms with E-state index in [0.717, 1.165) is 5.56 Å². The van der Waals surface area contributed by atoms with E-state index in [1.54, 1.807) is 13.2 Å². The van der Waals surface area contributed by atoms with Gasteiger partial charge in [-0.3, -0.25) is 0 Å². The predicted octanol–water partition coefficient (Wildman–Crippen LogP) is 2.79. The first-order valence-electron chi connectivity index (χ1n) is 5.90. The summed E-state index contributed by atoms with van der Waals surface area (Å²) in [4.78, 5) is 0. The Morgan fingerprint density at radius 3 is 2.78 bits per heavy atom. The summed E-state index contributed by atoms with van der Waals surface area (Å²) in [7, 11) is 1.64. The second kappa shape index (κ2) is 8.43. The summed E-state index contributed by atoms with van der Waals surface area (Å²) >= 11 is 5.98. The standard InChI is InChI=1S/C13H19ClFNO2/c1-10(16-5-6-18-8-7-17-2)12-4-3-11(15)9-13(12)14/h3-4,9-10,16H,5-8H2,1-2H3. The van der Waals surface area contributed by atoms with Gasteiger partial charge in [-0.25, -0.2) is 4.39 Å². The van der Waals surface area contributed by atoms with Gasteiger partial charge in [0.25, 0.3) is 0 Å². The van der Waals surface area contributed by atoms with E-state index >= 15 is 0 Å². The molecule has 1 unspecified atom stereocenters. The zero-order chi connectivity index (χ0) is 13.4. The van der Waals surface area contributed by atoms with Crippen LogP contribution in [0.1, 0.15) is 18.5 Å². The quantitative estimate of drug-likeness (QED) is 0.740. The Morgan fingerprint density at radius 1 is 1.33 bits per heavy atom. The molecule has 0 aliphatic heterocycles. The molecule has 0 radical (unpaired) electrons. The number of benzene rings is 1. The fourth-order valence-electron chi connectivity index (χ4n) is 1.55. The summed E-state index contributed by atoms with van der Waals surface area (Å²) in [5.74, 6) is -0.321. The monoisotopic (exact) mass is 275 g/mol. The number of hydrogen-bond acceptors (Lipinski definition) is 3. The maximum absolute atomic E-state index is 12.9. The third-order valence-corrected chi connectivity index (χ3v) is 2.89. The van der Waals surface area contributed by atoms with E-state index in [2.05, 4.69) is 5.32 Å². The minimum Gasteiger partial charge on any atom is -0.382 e. The fraction of sp³-hybridized carbons (Fsp3) is 0.538. The fourth-order valence-corrected chi connectivity index (χ4v) is 1.89. The van der Waals surface area contributed by atoms with Crippen LogP contribution in [-0.2, 0) is 9.47 Å². The summed E-state index contributed by atoms with van der Waals surface area (Å²) in [5, 5.41) is 3.70. The molecule has 0 spiro atoms. The Kier molecular flexibility index (Phi) is 7.20. The van der Waals surface area contributed by atoms with Gasteiger partial charge in [-0.1, -0.05) is 17.7 Å². The highest BCUT2D eigenvalue weighted by Crippen LogP contribution is 2.23. The van der Waals surface area contributed by atoms with Crippen molar-refractivity contribution in [1.82, 2.24) is 5.32 Å². The van der Waals surface area contributed by atoms with Gasteiger partial charge in [-0.2, -0.15) is 0 Å². The smallest absolute Gasteiger partial charge is 0.124 e. The van der Waals surface area contributed by atoms with Crippen LogP contribution in [0.4, 0.5) is 4.39 Å². The van der Waals surface area contributed by atoms with Crippen LogP contribution in [0.15, 0.2) is 18.2 Å². The van der Waals surface area contributed by atoms with Gasteiger partial charge >= 0.3 is 0 Å². The molecule has 1 atom stereocenters. The van der Waals surface area contributed by atoms with E-state index in [1.165, 1.54) is 12.1 Å². The lowest BCUT2D eigenvalue weighted by molar-refractivity contribution is 0.0712. The molecule has 0 saturated heterocycles. The number of ether oxygens (including phenoxy) is 2. The number of methoxy groups -OCH3 is 1. The van der Waals surface area contributed by atoms with Gasteiger partial charge in [0.2, 0.25) is 0 Å². The van der Waals surface area contributed by atoms with Gasteiger partial charge in [0.15, 0.2) is 0 Å². The second-order valence-electron chi connectivity index (χ2n) is 3.95. The van der Waals surface area contributed by atoms with E-state index < -0.39 is 0 Å². The van der Waals surface area contributed by atoms with Crippen LogP contribution in [0, 0.1) is 5.82 Å². The van der Waals surface area contributed by atoms with Crippen molar-refractivity contribution in [3.05, 3.63) is 34.6 Å². The van der Waals surface area contributed by atoms with Gasteiger partial charge in [0, 0.05) is 24.7 Å². The molecular weight excluding hydrogens is 257 g/mol. The van der Waals surface area contributed by atoms with Crippen molar-refractivity contribution in [2.75, 3.05) is 33.5 Å².